The minimum Gasteiger partial charge on any atom is -0.457 e. The van der Waals surface area contributed by atoms with Crippen molar-refractivity contribution in [2.75, 3.05) is 13.2 Å². The predicted octanol–water partition coefficient (Wildman–Crippen LogP) is 2.76. The molecule has 1 aliphatic heterocycles. The van der Waals surface area contributed by atoms with Crippen LogP contribution in [-0.2, 0) is 14.8 Å². The van der Waals surface area contributed by atoms with Gasteiger partial charge >= 0.3 is 6.03 Å². The standard InChI is InChI=1S/C24H33N3O6S/c1-17(2)26-24(29)25-15-14-20-10-13-22(23(16-28)33-20)27-34(30,31)21-11-8-19(9-12-21)32-18-6-4-3-5-7-18/h3-9,11-12,17,20,22-23,27-28H,10,13-16H2,1-2H3,(H2,25,26,29)/t20-,22-,23-/m1/s1. The molecule has 186 valence electrons. The van der Waals surface area contributed by atoms with Crippen LogP contribution in [0.3, 0.4) is 0 Å². The number of sulfonamides is 1. The molecule has 0 spiro atoms. The summed E-state index contributed by atoms with van der Waals surface area (Å²) in [7, 11) is -3.81. The summed E-state index contributed by atoms with van der Waals surface area (Å²) in [5, 5.41) is 15.3. The summed E-state index contributed by atoms with van der Waals surface area (Å²) in [6.07, 6.45) is 0.860. The fourth-order valence-corrected chi connectivity index (χ4v) is 5.02. The summed E-state index contributed by atoms with van der Waals surface area (Å²) in [6.45, 7) is 3.87. The van der Waals surface area contributed by atoms with Crippen molar-refractivity contribution in [3.63, 3.8) is 0 Å². The number of hydrogen-bond acceptors (Lipinski definition) is 6. The van der Waals surface area contributed by atoms with Gasteiger partial charge in [0.2, 0.25) is 10.0 Å². The number of hydrogen-bond donors (Lipinski definition) is 4. The fourth-order valence-electron chi connectivity index (χ4n) is 3.72. The maximum absolute atomic E-state index is 12.9. The van der Waals surface area contributed by atoms with Gasteiger partial charge in [-0.25, -0.2) is 17.9 Å². The molecule has 0 aliphatic carbocycles. The molecule has 1 aliphatic rings. The Morgan fingerprint density at radius 3 is 2.41 bits per heavy atom. The van der Waals surface area contributed by atoms with Crippen LogP contribution < -0.4 is 20.1 Å². The van der Waals surface area contributed by atoms with Crippen molar-refractivity contribution in [3.8, 4) is 11.5 Å². The highest BCUT2D eigenvalue weighted by molar-refractivity contribution is 7.89. The van der Waals surface area contributed by atoms with Gasteiger partial charge < -0.3 is 25.2 Å². The molecule has 10 heteroatoms. The molecule has 34 heavy (non-hydrogen) atoms. The van der Waals surface area contributed by atoms with Gasteiger partial charge in [0.1, 0.15) is 11.5 Å². The van der Waals surface area contributed by atoms with Crippen LogP contribution in [0.15, 0.2) is 59.5 Å². The largest absolute Gasteiger partial charge is 0.457 e. The molecule has 0 bridgehead atoms. The van der Waals surface area contributed by atoms with Gasteiger partial charge in [0.15, 0.2) is 0 Å². The van der Waals surface area contributed by atoms with E-state index in [4.69, 9.17) is 9.47 Å². The van der Waals surface area contributed by atoms with Crippen LogP contribution >= 0.6 is 0 Å². The molecule has 3 rings (SSSR count). The lowest BCUT2D eigenvalue weighted by Gasteiger charge is -2.36. The van der Waals surface area contributed by atoms with E-state index in [1.165, 1.54) is 12.1 Å². The maximum atomic E-state index is 12.9. The quantitative estimate of drug-likeness (QED) is 0.405. The molecule has 4 N–H and O–H groups in total. The highest BCUT2D eigenvalue weighted by Gasteiger charge is 2.33. The first kappa shape index (κ1) is 26.0. The van der Waals surface area contributed by atoms with Gasteiger partial charge in [-0.3, -0.25) is 0 Å². The lowest BCUT2D eigenvalue weighted by molar-refractivity contribution is -0.0871. The van der Waals surface area contributed by atoms with Crippen LogP contribution in [0.2, 0.25) is 0 Å². The lowest BCUT2D eigenvalue weighted by atomic mass is 9.98. The summed E-state index contributed by atoms with van der Waals surface area (Å²) in [4.78, 5) is 11.8. The van der Waals surface area contributed by atoms with Gasteiger partial charge in [-0.15, -0.1) is 0 Å². The van der Waals surface area contributed by atoms with Crippen molar-refractivity contribution in [2.45, 2.75) is 62.3 Å². The SMILES string of the molecule is CC(C)NC(=O)NCC[C@H]1CC[C@@H](NS(=O)(=O)c2ccc(Oc3ccccc3)cc2)[C@@H](CO)O1. The Morgan fingerprint density at radius 2 is 1.76 bits per heavy atom. The van der Waals surface area contributed by atoms with E-state index in [2.05, 4.69) is 15.4 Å². The van der Waals surface area contributed by atoms with Crippen molar-refractivity contribution >= 4 is 16.1 Å². The molecule has 2 amide bonds. The van der Waals surface area contributed by atoms with E-state index in [1.54, 1.807) is 12.1 Å². The Morgan fingerprint density at radius 1 is 1.09 bits per heavy atom. The van der Waals surface area contributed by atoms with E-state index in [0.29, 0.717) is 37.3 Å². The number of benzene rings is 2. The van der Waals surface area contributed by atoms with E-state index in [9.17, 15) is 18.3 Å². The number of carbonyl (C=O) groups excluding carboxylic acids is 1. The molecule has 1 heterocycles. The molecule has 2 aromatic rings. The van der Waals surface area contributed by atoms with Crippen LogP contribution in [0.4, 0.5) is 4.79 Å². The Kier molecular flexibility index (Phi) is 9.28. The zero-order valence-corrected chi connectivity index (χ0v) is 20.3. The fraction of sp³-hybridized carbons (Fsp3) is 0.458. The summed E-state index contributed by atoms with van der Waals surface area (Å²) >= 11 is 0. The van der Waals surface area contributed by atoms with E-state index in [0.717, 1.165) is 0 Å². The van der Waals surface area contributed by atoms with E-state index in [-0.39, 0.29) is 29.7 Å². The smallest absolute Gasteiger partial charge is 0.314 e. The third-order valence-corrected chi connectivity index (χ3v) is 6.89. The molecular formula is C24H33N3O6S. The Hall–Kier alpha value is -2.66. The molecule has 0 aromatic heterocycles. The molecule has 0 radical (unpaired) electrons. The van der Waals surface area contributed by atoms with Gasteiger partial charge in [0.25, 0.3) is 0 Å². The Balaban J connectivity index is 1.52. The zero-order chi connectivity index (χ0) is 24.6. The predicted molar refractivity (Wildman–Crippen MR) is 128 cm³/mol. The van der Waals surface area contributed by atoms with Gasteiger partial charge in [0.05, 0.1) is 29.8 Å². The molecule has 2 aromatic carbocycles. The normalized spacial score (nSPS) is 20.6. The highest BCUT2D eigenvalue weighted by atomic mass is 32.2. The number of rotatable bonds is 10. The van der Waals surface area contributed by atoms with Crippen LogP contribution in [0.1, 0.15) is 33.1 Å². The average Bonchev–Trinajstić information content (AvgIpc) is 2.80. The monoisotopic (exact) mass is 491 g/mol. The molecule has 1 fully saturated rings. The van der Waals surface area contributed by atoms with Gasteiger partial charge in [-0.1, -0.05) is 18.2 Å². The summed E-state index contributed by atoms with van der Waals surface area (Å²) in [5.41, 5.74) is 0. The number of aliphatic hydroxyl groups is 1. The number of ether oxygens (including phenoxy) is 2. The van der Waals surface area contributed by atoms with Crippen LogP contribution in [-0.4, -0.2) is 57.0 Å². The minimum absolute atomic E-state index is 0.0473. The Labute approximate surface area is 200 Å². The van der Waals surface area contributed by atoms with Crippen molar-refractivity contribution in [2.24, 2.45) is 0 Å². The molecule has 9 nitrogen and oxygen atoms in total. The van der Waals surface area contributed by atoms with Gasteiger partial charge in [0, 0.05) is 12.6 Å². The number of nitrogens with one attached hydrogen (secondary N) is 3. The summed E-state index contributed by atoms with van der Waals surface area (Å²) in [6, 6.07) is 14.6. The zero-order valence-electron chi connectivity index (χ0n) is 19.4. The van der Waals surface area contributed by atoms with Gasteiger partial charge in [-0.2, -0.15) is 0 Å². The summed E-state index contributed by atoms with van der Waals surface area (Å²) < 4.78 is 40.1. The second kappa shape index (κ2) is 12.2. The number of carbonyl (C=O) groups is 1. The third-order valence-electron chi connectivity index (χ3n) is 5.39. The third kappa shape index (κ3) is 7.69. The van der Waals surface area contributed by atoms with E-state index >= 15 is 0 Å². The molecule has 1 saturated heterocycles. The van der Waals surface area contributed by atoms with E-state index in [1.807, 2.05) is 44.2 Å². The molecule has 3 atom stereocenters. The van der Waals surface area contributed by atoms with Gasteiger partial charge in [-0.05, 0) is 69.5 Å². The second-order valence-corrected chi connectivity index (χ2v) is 10.2. The highest BCUT2D eigenvalue weighted by Crippen LogP contribution is 2.25. The second-order valence-electron chi connectivity index (χ2n) is 8.51. The molecule has 0 saturated carbocycles. The minimum atomic E-state index is -3.81. The van der Waals surface area contributed by atoms with E-state index < -0.39 is 22.2 Å². The molecular weight excluding hydrogens is 458 g/mol. The maximum Gasteiger partial charge on any atom is 0.314 e. The van der Waals surface area contributed by atoms with Crippen LogP contribution in [0.25, 0.3) is 0 Å². The Bertz CT molecular complexity index is 1010. The number of urea groups is 1. The first-order valence-corrected chi connectivity index (χ1v) is 12.9. The van der Waals surface area contributed by atoms with Crippen molar-refractivity contribution in [3.05, 3.63) is 54.6 Å². The molecule has 0 unspecified atom stereocenters. The van der Waals surface area contributed by atoms with Crippen molar-refractivity contribution in [1.82, 2.24) is 15.4 Å². The first-order chi connectivity index (χ1) is 16.3. The number of amides is 2. The van der Waals surface area contributed by atoms with Crippen LogP contribution in [0, 0.1) is 0 Å². The van der Waals surface area contributed by atoms with Crippen LogP contribution in [0.5, 0.6) is 11.5 Å². The average molecular weight is 492 g/mol. The number of para-hydroxylation sites is 1. The lowest BCUT2D eigenvalue weighted by Crippen LogP contribution is -2.51. The topological polar surface area (TPSA) is 126 Å². The van der Waals surface area contributed by atoms with Crippen molar-refractivity contribution in [1.29, 1.82) is 0 Å². The van der Waals surface area contributed by atoms with Crippen molar-refractivity contribution < 1.29 is 27.8 Å². The summed E-state index contributed by atoms with van der Waals surface area (Å²) in [5.74, 6) is 1.18. The number of aliphatic hydroxyl groups excluding tert-OH is 1. The first-order valence-electron chi connectivity index (χ1n) is 11.4.